The minimum Gasteiger partial charge on any atom is -0.397 e. The maximum absolute atomic E-state index is 13.6. The lowest BCUT2D eigenvalue weighted by molar-refractivity contribution is 0.102. The highest BCUT2D eigenvalue weighted by molar-refractivity contribution is 6.30. The quantitative estimate of drug-likeness (QED) is 0.855. The van der Waals surface area contributed by atoms with Crippen LogP contribution in [-0.2, 0) is 0 Å². The number of nitrogens with zero attached hydrogens (tertiary/aromatic N) is 1. The van der Waals surface area contributed by atoms with Crippen molar-refractivity contribution < 1.29 is 9.18 Å². The van der Waals surface area contributed by atoms with Gasteiger partial charge < -0.3 is 16.0 Å². The van der Waals surface area contributed by atoms with Gasteiger partial charge in [-0.15, -0.1) is 0 Å². The molecule has 0 aromatic heterocycles. The normalized spacial score (nSPS) is 10.3. The summed E-state index contributed by atoms with van der Waals surface area (Å²) in [5.41, 5.74) is 7.60. The van der Waals surface area contributed by atoms with E-state index < -0.39 is 11.7 Å². The summed E-state index contributed by atoms with van der Waals surface area (Å²) in [6.45, 7) is 0. The number of amides is 1. The molecule has 0 bridgehead atoms. The predicted octanol–water partition coefficient (Wildman–Crippen LogP) is 3.38. The van der Waals surface area contributed by atoms with E-state index in [4.69, 9.17) is 17.3 Å². The fourth-order valence-corrected chi connectivity index (χ4v) is 2.05. The molecule has 3 N–H and O–H groups in total. The number of halogens is 2. The average molecular weight is 308 g/mol. The van der Waals surface area contributed by atoms with Crippen molar-refractivity contribution in [2.45, 2.75) is 0 Å². The zero-order valence-electron chi connectivity index (χ0n) is 11.7. The van der Waals surface area contributed by atoms with E-state index in [1.165, 1.54) is 12.1 Å². The first-order chi connectivity index (χ1) is 9.88. The maximum Gasteiger partial charge on any atom is 0.255 e. The Morgan fingerprint density at radius 2 is 1.95 bits per heavy atom. The van der Waals surface area contributed by atoms with Crippen LogP contribution >= 0.6 is 11.6 Å². The number of carbonyl (C=O) groups excluding carboxylic acids is 1. The molecule has 0 aliphatic heterocycles. The second kappa shape index (κ2) is 6.01. The van der Waals surface area contributed by atoms with Crippen LogP contribution in [0.4, 0.5) is 21.5 Å². The molecular formula is C15H15ClFN3O. The zero-order valence-corrected chi connectivity index (χ0v) is 12.4. The molecule has 4 nitrogen and oxygen atoms in total. The molecule has 21 heavy (non-hydrogen) atoms. The number of nitrogen functional groups attached to an aromatic ring is 1. The zero-order chi connectivity index (χ0) is 15.6. The van der Waals surface area contributed by atoms with Crippen LogP contribution < -0.4 is 16.0 Å². The molecule has 0 spiro atoms. The molecule has 2 aromatic rings. The van der Waals surface area contributed by atoms with E-state index in [0.29, 0.717) is 11.3 Å². The van der Waals surface area contributed by atoms with E-state index in [1.807, 2.05) is 19.0 Å². The van der Waals surface area contributed by atoms with E-state index in [0.717, 1.165) is 11.8 Å². The molecule has 110 valence electrons. The van der Waals surface area contributed by atoms with Crippen molar-refractivity contribution in [2.24, 2.45) is 0 Å². The summed E-state index contributed by atoms with van der Waals surface area (Å²) in [5, 5.41) is 2.76. The lowest BCUT2D eigenvalue weighted by Gasteiger charge is -2.16. The standard InChI is InChI=1S/C15H15ClFN3O/c1-20(2)14-6-3-9(7-12(14)18)15(21)19-13-5-4-10(16)8-11(13)17/h3-8H,18H2,1-2H3,(H,19,21). The largest absolute Gasteiger partial charge is 0.397 e. The molecule has 0 aliphatic rings. The first-order valence-corrected chi connectivity index (χ1v) is 6.59. The van der Waals surface area contributed by atoms with E-state index in [-0.39, 0.29) is 10.7 Å². The minimum absolute atomic E-state index is 0.0691. The van der Waals surface area contributed by atoms with Gasteiger partial charge >= 0.3 is 0 Å². The van der Waals surface area contributed by atoms with E-state index in [9.17, 15) is 9.18 Å². The van der Waals surface area contributed by atoms with Gasteiger partial charge in [-0.25, -0.2) is 4.39 Å². The molecule has 2 rings (SSSR count). The third-order valence-corrected chi connectivity index (χ3v) is 3.19. The second-order valence-electron chi connectivity index (χ2n) is 4.75. The summed E-state index contributed by atoms with van der Waals surface area (Å²) in [6.07, 6.45) is 0. The van der Waals surface area contributed by atoms with Crippen molar-refractivity contribution in [2.75, 3.05) is 30.0 Å². The van der Waals surface area contributed by atoms with E-state index in [2.05, 4.69) is 5.32 Å². The lowest BCUT2D eigenvalue weighted by Crippen LogP contribution is -2.15. The fraction of sp³-hybridized carbons (Fsp3) is 0.133. The van der Waals surface area contributed by atoms with Gasteiger partial charge in [0.05, 0.1) is 17.1 Å². The molecule has 0 heterocycles. The van der Waals surface area contributed by atoms with E-state index >= 15 is 0 Å². The highest BCUT2D eigenvalue weighted by Crippen LogP contribution is 2.24. The number of hydrogen-bond donors (Lipinski definition) is 2. The Kier molecular flexibility index (Phi) is 4.33. The van der Waals surface area contributed by atoms with Gasteiger partial charge in [0.15, 0.2) is 0 Å². The molecule has 2 aromatic carbocycles. The monoisotopic (exact) mass is 307 g/mol. The SMILES string of the molecule is CN(C)c1ccc(C(=O)Nc2ccc(Cl)cc2F)cc1N. The number of carbonyl (C=O) groups is 1. The molecule has 0 fully saturated rings. The van der Waals surface area contributed by atoms with Crippen LogP contribution in [0.5, 0.6) is 0 Å². The number of hydrogen-bond acceptors (Lipinski definition) is 3. The molecular weight excluding hydrogens is 293 g/mol. The summed E-state index contributed by atoms with van der Waals surface area (Å²) in [7, 11) is 3.71. The Hall–Kier alpha value is -2.27. The number of benzene rings is 2. The molecule has 0 aliphatic carbocycles. The van der Waals surface area contributed by atoms with Gasteiger partial charge in [-0.05, 0) is 36.4 Å². The van der Waals surface area contributed by atoms with Crippen molar-refractivity contribution in [1.82, 2.24) is 0 Å². The van der Waals surface area contributed by atoms with Crippen LogP contribution in [-0.4, -0.2) is 20.0 Å². The summed E-state index contributed by atoms with van der Waals surface area (Å²) in [4.78, 5) is 13.9. The Balaban J connectivity index is 2.22. The van der Waals surface area contributed by atoms with Crippen molar-refractivity contribution in [3.8, 4) is 0 Å². The van der Waals surface area contributed by atoms with Gasteiger partial charge in [-0.1, -0.05) is 11.6 Å². The van der Waals surface area contributed by atoms with E-state index in [1.54, 1.807) is 18.2 Å². The Morgan fingerprint density at radius 3 is 2.52 bits per heavy atom. The fourth-order valence-electron chi connectivity index (χ4n) is 1.89. The van der Waals surface area contributed by atoms with Crippen molar-refractivity contribution in [3.05, 3.63) is 52.8 Å². The Labute approximate surface area is 127 Å². The third-order valence-electron chi connectivity index (χ3n) is 2.95. The summed E-state index contributed by atoms with van der Waals surface area (Å²) in [5.74, 6) is -1.03. The molecule has 0 saturated heterocycles. The van der Waals surface area contributed by atoms with Crippen LogP contribution in [0, 0.1) is 5.82 Å². The summed E-state index contributed by atoms with van der Waals surface area (Å²) in [6, 6.07) is 8.98. The first-order valence-electron chi connectivity index (χ1n) is 6.21. The number of nitrogens with two attached hydrogens (primary N) is 1. The van der Waals surface area contributed by atoms with Crippen molar-refractivity contribution in [3.63, 3.8) is 0 Å². The van der Waals surface area contributed by atoms with Gasteiger partial charge in [-0.3, -0.25) is 4.79 Å². The van der Waals surface area contributed by atoms with Crippen LogP contribution in [0.15, 0.2) is 36.4 Å². The maximum atomic E-state index is 13.6. The molecule has 0 unspecified atom stereocenters. The van der Waals surface area contributed by atoms with Gasteiger partial charge in [0.1, 0.15) is 5.82 Å². The highest BCUT2D eigenvalue weighted by Gasteiger charge is 2.12. The smallest absolute Gasteiger partial charge is 0.255 e. The topological polar surface area (TPSA) is 58.4 Å². The Morgan fingerprint density at radius 1 is 1.24 bits per heavy atom. The molecule has 0 saturated carbocycles. The minimum atomic E-state index is -0.589. The lowest BCUT2D eigenvalue weighted by atomic mass is 10.1. The molecule has 6 heteroatoms. The van der Waals surface area contributed by atoms with Crippen LogP contribution in [0.2, 0.25) is 5.02 Å². The molecule has 0 radical (unpaired) electrons. The van der Waals surface area contributed by atoms with Gasteiger partial charge in [0.25, 0.3) is 5.91 Å². The van der Waals surface area contributed by atoms with Crippen LogP contribution in [0.3, 0.4) is 0 Å². The van der Waals surface area contributed by atoms with Gasteiger partial charge in [-0.2, -0.15) is 0 Å². The third kappa shape index (κ3) is 3.44. The Bertz CT molecular complexity index is 689. The number of anilines is 3. The summed E-state index contributed by atoms with van der Waals surface area (Å²) >= 11 is 5.66. The van der Waals surface area contributed by atoms with Crippen molar-refractivity contribution in [1.29, 1.82) is 0 Å². The van der Waals surface area contributed by atoms with Crippen molar-refractivity contribution >= 4 is 34.6 Å². The summed E-state index contributed by atoms with van der Waals surface area (Å²) < 4.78 is 13.6. The van der Waals surface area contributed by atoms with Crippen LogP contribution in [0.25, 0.3) is 0 Å². The number of nitrogens with one attached hydrogen (secondary N) is 1. The molecule has 0 atom stereocenters. The van der Waals surface area contributed by atoms with Gasteiger partial charge in [0.2, 0.25) is 0 Å². The van der Waals surface area contributed by atoms with Crippen LogP contribution in [0.1, 0.15) is 10.4 Å². The predicted molar refractivity (Wildman–Crippen MR) is 84.5 cm³/mol. The second-order valence-corrected chi connectivity index (χ2v) is 5.18. The first kappa shape index (κ1) is 15.1. The highest BCUT2D eigenvalue weighted by atomic mass is 35.5. The molecule has 1 amide bonds. The van der Waals surface area contributed by atoms with Gasteiger partial charge in [0, 0.05) is 24.7 Å². The number of rotatable bonds is 3. The average Bonchev–Trinajstić information content (AvgIpc) is 2.41.